The summed E-state index contributed by atoms with van der Waals surface area (Å²) in [5, 5.41) is 8.09. The summed E-state index contributed by atoms with van der Waals surface area (Å²) in [5.41, 5.74) is 0. The van der Waals surface area contributed by atoms with E-state index in [1.807, 2.05) is 6.07 Å². The van der Waals surface area contributed by atoms with E-state index in [0.29, 0.717) is 0 Å². The van der Waals surface area contributed by atoms with Crippen molar-refractivity contribution in [1.29, 1.82) is 5.26 Å². The number of hydrogen-bond donors (Lipinski definition) is 1. The van der Waals surface area contributed by atoms with Crippen LogP contribution in [0, 0.1) is 17.2 Å². The summed E-state index contributed by atoms with van der Waals surface area (Å²) < 4.78 is 18.1. The van der Waals surface area contributed by atoms with Crippen LogP contribution < -0.4 is 0 Å². The molecule has 0 aliphatic carbocycles. The lowest BCUT2D eigenvalue weighted by atomic mass is 10.3. The third-order valence-electron chi connectivity index (χ3n) is 0.613. The van der Waals surface area contributed by atoms with Crippen LogP contribution in [0.15, 0.2) is 0 Å². The van der Waals surface area contributed by atoms with Gasteiger partial charge in [0.1, 0.15) is 0 Å². The Bertz CT molecular complexity index is 128. The zero-order chi connectivity index (χ0) is 6.57. The highest BCUT2D eigenvalue weighted by Gasteiger charge is 2.01. The third kappa shape index (κ3) is 3.78. The lowest BCUT2D eigenvalue weighted by Crippen LogP contribution is -2.03. The average molecular weight is 133 g/mol. The molecule has 1 N–H and O–H groups in total. The first-order valence-corrected chi connectivity index (χ1v) is 3.41. The summed E-state index contributed by atoms with van der Waals surface area (Å²) in [5.74, 6) is -0.267. The maximum atomic E-state index is 9.93. The van der Waals surface area contributed by atoms with E-state index in [-0.39, 0.29) is 11.7 Å². The van der Waals surface area contributed by atoms with E-state index in [2.05, 4.69) is 0 Å². The minimum absolute atomic E-state index is 0.0521. The van der Waals surface area contributed by atoms with Gasteiger partial charge in [0.15, 0.2) is 11.1 Å². The second kappa shape index (κ2) is 3.58. The Kier molecular flexibility index (Phi) is 3.40. The van der Waals surface area contributed by atoms with Gasteiger partial charge in [0.25, 0.3) is 0 Å². The van der Waals surface area contributed by atoms with E-state index in [1.165, 1.54) is 0 Å². The molecule has 0 radical (unpaired) electrons. The highest BCUT2D eigenvalue weighted by molar-refractivity contribution is 7.79. The van der Waals surface area contributed by atoms with Crippen molar-refractivity contribution in [3.8, 4) is 6.07 Å². The molecule has 2 atom stereocenters. The van der Waals surface area contributed by atoms with Crippen molar-refractivity contribution in [2.45, 2.75) is 6.92 Å². The molecule has 3 nitrogen and oxygen atoms in total. The minimum Gasteiger partial charge on any atom is -0.306 e. The molecule has 2 unspecified atom stereocenters. The minimum atomic E-state index is -1.82. The van der Waals surface area contributed by atoms with E-state index in [1.54, 1.807) is 6.92 Å². The van der Waals surface area contributed by atoms with Crippen LogP contribution in [0.5, 0.6) is 0 Å². The second-order valence-electron chi connectivity index (χ2n) is 1.52. The molecule has 0 rings (SSSR count). The van der Waals surface area contributed by atoms with Gasteiger partial charge < -0.3 is 4.55 Å². The highest BCUT2D eigenvalue weighted by atomic mass is 32.2. The highest BCUT2D eigenvalue weighted by Crippen LogP contribution is 1.91. The molecule has 0 heterocycles. The summed E-state index contributed by atoms with van der Waals surface area (Å²) in [6.07, 6.45) is 0. The SMILES string of the molecule is CC(C#N)CS(=O)O. The van der Waals surface area contributed by atoms with Gasteiger partial charge in [-0.05, 0) is 6.92 Å². The fraction of sp³-hybridized carbons (Fsp3) is 0.750. The smallest absolute Gasteiger partial charge is 0.154 e. The number of hydrogen-bond acceptors (Lipinski definition) is 2. The zero-order valence-corrected chi connectivity index (χ0v) is 5.31. The lowest BCUT2D eigenvalue weighted by molar-refractivity contribution is 0.557. The standard InChI is InChI=1S/C4H7NO2S/c1-4(2-5)3-8(6)7/h4H,3H2,1H3,(H,6,7). The van der Waals surface area contributed by atoms with Gasteiger partial charge >= 0.3 is 0 Å². The predicted molar refractivity (Wildman–Crippen MR) is 30.4 cm³/mol. The van der Waals surface area contributed by atoms with Gasteiger partial charge in [-0.1, -0.05) is 0 Å². The Labute approximate surface area is 50.6 Å². The third-order valence-corrected chi connectivity index (χ3v) is 1.40. The fourth-order valence-electron chi connectivity index (χ4n) is 0.251. The topological polar surface area (TPSA) is 61.1 Å². The summed E-state index contributed by atoms with van der Waals surface area (Å²) in [6.45, 7) is 1.61. The molecule has 0 fully saturated rings. The predicted octanol–water partition coefficient (Wildman–Crippen LogP) is 0.368. The first kappa shape index (κ1) is 7.60. The maximum Gasteiger partial charge on any atom is 0.154 e. The van der Waals surface area contributed by atoms with E-state index in [4.69, 9.17) is 9.81 Å². The van der Waals surface area contributed by atoms with Gasteiger partial charge in [0.2, 0.25) is 0 Å². The quantitative estimate of drug-likeness (QED) is 0.553. The van der Waals surface area contributed by atoms with Gasteiger partial charge in [-0.2, -0.15) is 5.26 Å². The lowest BCUT2D eigenvalue weighted by Gasteiger charge is -1.92. The van der Waals surface area contributed by atoms with Crippen LogP contribution >= 0.6 is 0 Å². The van der Waals surface area contributed by atoms with Crippen LogP contribution in [0.2, 0.25) is 0 Å². The van der Waals surface area contributed by atoms with E-state index in [0.717, 1.165) is 0 Å². The molecule has 8 heavy (non-hydrogen) atoms. The van der Waals surface area contributed by atoms with Crippen LogP contribution in [0.1, 0.15) is 6.92 Å². The summed E-state index contributed by atoms with van der Waals surface area (Å²) >= 11 is -1.82. The van der Waals surface area contributed by atoms with Crippen LogP contribution in [0.25, 0.3) is 0 Å². The summed E-state index contributed by atoms with van der Waals surface area (Å²) in [7, 11) is 0. The first-order valence-electron chi connectivity index (χ1n) is 2.14. The fourth-order valence-corrected chi connectivity index (χ4v) is 0.753. The second-order valence-corrected chi connectivity index (χ2v) is 2.49. The van der Waals surface area contributed by atoms with Gasteiger partial charge in [-0.25, -0.2) is 4.21 Å². The van der Waals surface area contributed by atoms with Crippen molar-refractivity contribution in [3.05, 3.63) is 0 Å². The number of nitrogens with zero attached hydrogens (tertiary/aromatic N) is 1. The summed E-state index contributed by atoms with van der Waals surface area (Å²) in [6, 6.07) is 1.84. The van der Waals surface area contributed by atoms with Crippen LogP contribution in [-0.2, 0) is 11.1 Å². The molecular formula is C4H7NO2S. The van der Waals surface area contributed by atoms with Crippen LogP contribution in [-0.4, -0.2) is 14.5 Å². The molecule has 0 saturated heterocycles. The largest absolute Gasteiger partial charge is 0.306 e. The van der Waals surface area contributed by atoms with Crippen molar-refractivity contribution < 1.29 is 8.76 Å². The van der Waals surface area contributed by atoms with Crippen molar-refractivity contribution in [1.82, 2.24) is 0 Å². The van der Waals surface area contributed by atoms with Gasteiger partial charge in [0, 0.05) is 0 Å². The van der Waals surface area contributed by atoms with Crippen LogP contribution in [0.4, 0.5) is 0 Å². The molecule has 0 aromatic carbocycles. The Morgan fingerprint density at radius 3 is 2.62 bits per heavy atom. The Hall–Kier alpha value is -0.400. The molecule has 0 spiro atoms. The zero-order valence-electron chi connectivity index (χ0n) is 4.50. The molecule has 0 aromatic rings. The summed E-state index contributed by atoms with van der Waals surface area (Å²) in [4.78, 5) is 0. The molecule has 0 saturated carbocycles. The first-order chi connectivity index (χ1) is 3.66. The Morgan fingerprint density at radius 1 is 2.00 bits per heavy atom. The number of nitriles is 1. The van der Waals surface area contributed by atoms with Gasteiger partial charge in [-0.3, -0.25) is 0 Å². The van der Waals surface area contributed by atoms with E-state index in [9.17, 15) is 4.21 Å². The molecule has 0 bridgehead atoms. The molecule has 0 aliphatic heterocycles. The molecule has 0 amide bonds. The van der Waals surface area contributed by atoms with Crippen molar-refractivity contribution in [2.75, 3.05) is 5.75 Å². The molecule has 46 valence electrons. The average Bonchev–Trinajstić information content (AvgIpc) is 1.65. The Morgan fingerprint density at radius 2 is 2.50 bits per heavy atom. The molecular weight excluding hydrogens is 126 g/mol. The monoisotopic (exact) mass is 133 g/mol. The normalized spacial score (nSPS) is 16.6. The van der Waals surface area contributed by atoms with E-state index >= 15 is 0 Å². The van der Waals surface area contributed by atoms with Crippen LogP contribution in [0.3, 0.4) is 0 Å². The molecule has 4 heteroatoms. The van der Waals surface area contributed by atoms with E-state index < -0.39 is 11.1 Å². The van der Waals surface area contributed by atoms with Crippen molar-refractivity contribution in [3.63, 3.8) is 0 Å². The molecule has 0 aromatic heterocycles. The van der Waals surface area contributed by atoms with Crippen molar-refractivity contribution >= 4 is 11.1 Å². The van der Waals surface area contributed by atoms with Gasteiger partial charge in [-0.15, -0.1) is 0 Å². The van der Waals surface area contributed by atoms with Gasteiger partial charge in [0.05, 0.1) is 17.7 Å². The van der Waals surface area contributed by atoms with Crippen molar-refractivity contribution in [2.24, 2.45) is 5.92 Å². The number of rotatable bonds is 2. The molecule has 0 aliphatic rings. The Balaban J connectivity index is 3.43. The maximum absolute atomic E-state index is 9.93.